The van der Waals surface area contributed by atoms with Crippen LogP contribution in [-0.4, -0.2) is 29.8 Å². The molecule has 0 aromatic heterocycles. The van der Waals surface area contributed by atoms with Crippen LogP contribution in [0.3, 0.4) is 0 Å². The Bertz CT molecular complexity index is 917. The zero-order valence-electron chi connectivity index (χ0n) is 17.2. The summed E-state index contributed by atoms with van der Waals surface area (Å²) in [5.41, 5.74) is 0.577. The molecule has 3 rings (SSSR count). The van der Waals surface area contributed by atoms with Gasteiger partial charge in [-0.3, -0.25) is 9.59 Å². The first kappa shape index (κ1) is 22.4. The topological polar surface area (TPSA) is 58.6 Å². The van der Waals surface area contributed by atoms with Crippen molar-refractivity contribution in [3.8, 4) is 11.5 Å². The van der Waals surface area contributed by atoms with Gasteiger partial charge in [-0.1, -0.05) is 49.2 Å². The fourth-order valence-corrected chi connectivity index (χ4v) is 3.96. The number of hydrogen-bond donors (Lipinski definition) is 1. The molecule has 2 aromatic carbocycles. The fraction of sp³-hybridized carbons (Fsp3) is 0.391. The number of nitrogens with one attached hydrogen (secondary N) is 1. The number of rotatable bonds is 5. The van der Waals surface area contributed by atoms with Crippen molar-refractivity contribution < 1.29 is 14.3 Å². The number of nitrogens with zero attached hydrogens (tertiary/aromatic N) is 1. The Morgan fingerprint density at radius 2 is 1.83 bits per heavy atom. The molecule has 1 fully saturated rings. The van der Waals surface area contributed by atoms with Crippen molar-refractivity contribution >= 4 is 40.7 Å². The van der Waals surface area contributed by atoms with E-state index in [0.717, 1.165) is 12.8 Å². The minimum absolute atomic E-state index is 0.0286. The summed E-state index contributed by atoms with van der Waals surface area (Å²) in [5.74, 6) is 0.864. The second-order valence-electron chi connectivity index (χ2n) is 7.77. The molecule has 1 unspecified atom stereocenters. The van der Waals surface area contributed by atoms with Gasteiger partial charge in [-0.05, 0) is 49.6 Å². The van der Waals surface area contributed by atoms with Gasteiger partial charge in [-0.2, -0.15) is 0 Å². The standard InChI is InChI=1S/C23H26Cl2N2O3/c1-15(2)23(29)27-12-5-6-16(11-13-27)22(28)26-19-7-3-4-8-21(19)30-20-10-9-17(24)14-18(20)25/h3-4,7-10,14-16H,5-6,11-13H2,1-2H3,(H,26,28). The molecule has 0 radical (unpaired) electrons. The molecule has 1 saturated heterocycles. The highest BCUT2D eigenvalue weighted by atomic mass is 35.5. The van der Waals surface area contributed by atoms with Crippen LogP contribution in [0.25, 0.3) is 0 Å². The molecule has 5 nitrogen and oxygen atoms in total. The Morgan fingerprint density at radius 1 is 1.07 bits per heavy atom. The van der Waals surface area contributed by atoms with Crippen molar-refractivity contribution in [1.29, 1.82) is 0 Å². The molecule has 30 heavy (non-hydrogen) atoms. The van der Waals surface area contributed by atoms with Gasteiger partial charge in [-0.15, -0.1) is 0 Å². The molecule has 0 aliphatic carbocycles. The summed E-state index contributed by atoms with van der Waals surface area (Å²) in [7, 11) is 0. The van der Waals surface area contributed by atoms with Gasteiger partial charge in [0.2, 0.25) is 11.8 Å². The third-order valence-corrected chi connectivity index (χ3v) is 5.69. The normalized spacial score (nSPS) is 16.8. The number of likely N-dealkylation sites (tertiary alicyclic amines) is 1. The summed E-state index contributed by atoms with van der Waals surface area (Å²) in [4.78, 5) is 27.1. The zero-order chi connectivity index (χ0) is 21.7. The largest absolute Gasteiger partial charge is 0.454 e. The van der Waals surface area contributed by atoms with E-state index in [-0.39, 0.29) is 23.7 Å². The van der Waals surface area contributed by atoms with Gasteiger partial charge < -0.3 is 15.0 Å². The molecular formula is C23H26Cl2N2O3. The van der Waals surface area contributed by atoms with Gasteiger partial charge >= 0.3 is 0 Å². The molecule has 2 amide bonds. The first-order chi connectivity index (χ1) is 14.3. The van der Waals surface area contributed by atoms with E-state index in [1.54, 1.807) is 30.3 Å². The van der Waals surface area contributed by atoms with Gasteiger partial charge in [0.15, 0.2) is 5.75 Å². The molecule has 1 aliphatic heterocycles. The Labute approximate surface area is 187 Å². The van der Waals surface area contributed by atoms with Gasteiger partial charge in [0.05, 0.1) is 10.7 Å². The van der Waals surface area contributed by atoms with Crippen LogP contribution in [0.4, 0.5) is 5.69 Å². The lowest BCUT2D eigenvalue weighted by Crippen LogP contribution is -2.35. The zero-order valence-corrected chi connectivity index (χ0v) is 18.7. The van der Waals surface area contributed by atoms with E-state index >= 15 is 0 Å². The molecule has 1 heterocycles. The monoisotopic (exact) mass is 448 g/mol. The fourth-order valence-electron chi connectivity index (χ4n) is 3.51. The molecule has 160 valence electrons. The quantitative estimate of drug-likeness (QED) is 0.608. The number of benzene rings is 2. The second-order valence-corrected chi connectivity index (χ2v) is 8.61. The van der Waals surface area contributed by atoms with E-state index in [2.05, 4.69) is 5.32 Å². The van der Waals surface area contributed by atoms with Crippen molar-refractivity contribution in [3.63, 3.8) is 0 Å². The smallest absolute Gasteiger partial charge is 0.227 e. The van der Waals surface area contributed by atoms with E-state index < -0.39 is 0 Å². The maximum Gasteiger partial charge on any atom is 0.227 e. The average molecular weight is 449 g/mol. The van der Waals surface area contributed by atoms with Crippen molar-refractivity contribution in [2.75, 3.05) is 18.4 Å². The van der Waals surface area contributed by atoms with Crippen molar-refractivity contribution in [1.82, 2.24) is 4.90 Å². The number of amides is 2. The molecule has 7 heteroatoms. The van der Waals surface area contributed by atoms with E-state index in [0.29, 0.717) is 46.7 Å². The summed E-state index contributed by atoms with van der Waals surface area (Å²) in [6, 6.07) is 12.2. The number of carbonyl (C=O) groups excluding carboxylic acids is 2. The highest BCUT2D eigenvalue weighted by Crippen LogP contribution is 2.35. The predicted molar refractivity (Wildman–Crippen MR) is 120 cm³/mol. The third kappa shape index (κ3) is 5.67. The number of carbonyl (C=O) groups is 2. The van der Waals surface area contributed by atoms with E-state index in [4.69, 9.17) is 27.9 Å². The number of halogens is 2. The minimum atomic E-state index is -0.151. The van der Waals surface area contributed by atoms with Crippen LogP contribution >= 0.6 is 23.2 Å². The first-order valence-electron chi connectivity index (χ1n) is 10.2. The van der Waals surface area contributed by atoms with Crippen molar-refractivity contribution in [2.45, 2.75) is 33.1 Å². The van der Waals surface area contributed by atoms with Crippen LogP contribution in [0.1, 0.15) is 33.1 Å². The van der Waals surface area contributed by atoms with E-state index in [1.807, 2.05) is 30.9 Å². The molecule has 0 spiro atoms. The molecule has 1 N–H and O–H groups in total. The predicted octanol–water partition coefficient (Wildman–Crippen LogP) is 6.01. The Hall–Kier alpha value is -2.24. The maximum atomic E-state index is 12.9. The van der Waals surface area contributed by atoms with Crippen LogP contribution in [0.5, 0.6) is 11.5 Å². The molecule has 1 atom stereocenters. The van der Waals surface area contributed by atoms with Crippen molar-refractivity contribution in [2.24, 2.45) is 11.8 Å². The number of anilines is 1. The molecular weight excluding hydrogens is 423 g/mol. The summed E-state index contributed by atoms with van der Waals surface area (Å²) >= 11 is 12.2. The molecule has 1 aliphatic rings. The summed E-state index contributed by atoms with van der Waals surface area (Å²) in [6.45, 7) is 5.12. The summed E-state index contributed by atoms with van der Waals surface area (Å²) in [6.07, 6.45) is 2.21. The van der Waals surface area contributed by atoms with Gasteiger partial charge in [0.1, 0.15) is 5.75 Å². The minimum Gasteiger partial charge on any atom is -0.454 e. The SMILES string of the molecule is CC(C)C(=O)N1CCCC(C(=O)Nc2ccccc2Oc2ccc(Cl)cc2Cl)CC1. The van der Waals surface area contributed by atoms with Gasteiger partial charge in [0.25, 0.3) is 0 Å². The molecule has 2 aromatic rings. The highest BCUT2D eigenvalue weighted by Gasteiger charge is 2.26. The lowest BCUT2D eigenvalue weighted by molar-refractivity contribution is -0.134. The lowest BCUT2D eigenvalue weighted by atomic mass is 9.99. The number of ether oxygens (including phenoxy) is 1. The highest BCUT2D eigenvalue weighted by molar-refractivity contribution is 6.35. The van der Waals surface area contributed by atoms with Crippen LogP contribution in [0.15, 0.2) is 42.5 Å². The maximum absolute atomic E-state index is 12.9. The van der Waals surface area contributed by atoms with Crippen molar-refractivity contribution in [3.05, 3.63) is 52.5 Å². The summed E-state index contributed by atoms with van der Waals surface area (Å²) < 4.78 is 5.92. The van der Waals surface area contributed by atoms with Crippen LogP contribution < -0.4 is 10.1 Å². The van der Waals surface area contributed by atoms with Gasteiger partial charge in [-0.25, -0.2) is 0 Å². The van der Waals surface area contributed by atoms with Gasteiger partial charge in [0, 0.05) is 29.9 Å². The van der Waals surface area contributed by atoms with Crippen LogP contribution in [-0.2, 0) is 9.59 Å². The lowest BCUT2D eigenvalue weighted by Gasteiger charge is -2.22. The number of hydrogen-bond acceptors (Lipinski definition) is 3. The Morgan fingerprint density at radius 3 is 2.57 bits per heavy atom. The van der Waals surface area contributed by atoms with E-state index in [9.17, 15) is 9.59 Å². The molecule has 0 saturated carbocycles. The Balaban J connectivity index is 1.68. The summed E-state index contributed by atoms with van der Waals surface area (Å²) in [5, 5.41) is 3.90. The second kappa shape index (κ2) is 10.2. The average Bonchev–Trinajstić information content (AvgIpc) is 2.97. The molecule has 0 bridgehead atoms. The van der Waals surface area contributed by atoms with Crippen LogP contribution in [0, 0.1) is 11.8 Å². The third-order valence-electron chi connectivity index (χ3n) is 5.16. The Kier molecular flexibility index (Phi) is 7.62. The van der Waals surface area contributed by atoms with Crippen LogP contribution in [0.2, 0.25) is 10.0 Å². The van der Waals surface area contributed by atoms with E-state index in [1.165, 1.54) is 0 Å². The first-order valence-corrected chi connectivity index (χ1v) is 10.9. The number of para-hydroxylation sites is 2.